The van der Waals surface area contributed by atoms with Crippen LogP contribution in [0.5, 0.6) is 0 Å². The molecule has 3 rings (SSSR count). The summed E-state index contributed by atoms with van der Waals surface area (Å²) in [5, 5.41) is 30.7. The number of Topliss-reactive ketones (excluding diaryl/α,β-unsaturated/α-hetero) is 1. The van der Waals surface area contributed by atoms with E-state index in [9.17, 15) is 20.1 Å². The number of nitrogens with two attached hydrogens (primary N) is 4. The zero-order chi connectivity index (χ0) is 22.1. The van der Waals surface area contributed by atoms with Crippen LogP contribution in [-0.4, -0.2) is 84.1 Å². The molecule has 164 valence electrons. The van der Waals surface area contributed by atoms with Gasteiger partial charge in [-0.15, -0.1) is 0 Å². The summed E-state index contributed by atoms with van der Waals surface area (Å²) in [5.41, 5.74) is 20.5. The Kier molecular flexibility index (Phi) is 6.14. The summed E-state index contributed by atoms with van der Waals surface area (Å²) in [5.74, 6) is -0.780. The second-order valence-corrected chi connectivity index (χ2v) is 6.94. The van der Waals surface area contributed by atoms with Gasteiger partial charge in [0.1, 0.15) is 36.5 Å². The Hall–Kier alpha value is -2.91. The van der Waals surface area contributed by atoms with Crippen molar-refractivity contribution in [3.63, 3.8) is 0 Å². The maximum absolute atomic E-state index is 13.4. The molecular formula is C16H25N9O5. The molecule has 2 aromatic heterocycles. The maximum atomic E-state index is 13.4. The van der Waals surface area contributed by atoms with E-state index >= 15 is 0 Å². The van der Waals surface area contributed by atoms with E-state index in [0.717, 1.165) is 10.9 Å². The van der Waals surface area contributed by atoms with Gasteiger partial charge in [-0.1, -0.05) is 0 Å². The van der Waals surface area contributed by atoms with Gasteiger partial charge in [-0.3, -0.25) is 14.4 Å². The van der Waals surface area contributed by atoms with Crippen molar-refractivity contribution in [1.82, 2.24) is 19.5 Å². The standard InChI is InChI=1S/C16H25N9O5/c17-7(2-1-3-21-15(19)20)11(28)16(12(29)10(27)8(4-26)30-16)25-6-24-9-13(18)22-5-23-14(9)25/h5-8,10,12,26-27,29H,1-4,17H2,(H2,18,22,23)(H4,19,20,21)/t7-,8+,10+,12+,16+/m0/s1. The molecule has 11 N–H and O–H groups in total. The zero-order valence-corrected chi connectivity index (χ0v) is 16.0. The van der Waals surface area contributed by atoms with Crippen LogP contribution >= 0.6 is 0 Å². The van der Waals surface area contributed by atoms with E-state index in [4.69, 9.17) is 27.7 Å². The van der Waals surface area contributed by atoms with Gasteiger partial charge in [0.25, 0.3) is 0 Å². The van der Waals surface area contributed by atoms with E-state index in [1.807, 2.05) is 0 Å². The van der Waals surface area contributed by atoms with Gasteiger partial charge in [0.05, 0.1) is 12.6 Å². The molecule has 1 fully saturated rings. The molecule has 14 heteroatoms. The fraction of sp³-hybridized carbons (Fsp3) is 0.562. The first-order valence-corrected chi connectivity index (χ1v) is 9.18. The molecule has 0 aromatic carbocycles. The van der Waals surface area contributed by atoms with Crippen LogP contribution in [0.25, 0.3) is 11.2 Å². The third-order valence-electron chi connectivity index (χ3n) is 4.99. The van der Waals surface area contributed by atoms with Crippen molar-refractivity contribution >= 4 is 28.7 Å². The highest BCUT2D eigenvalue weighted by Crippen LogP contribution is 2.39. The highest BCUT2D eigenvalue weighted by atomic mass is 16.6. The Morgan fingerprint density at radius 3 is 2.70 bits per heavy atom. The minimum atomic E-state index is -2.18. The first kappa shape index (κ1) is 21.8. The number of aromatic nitrogens is 4. The summed E-state index contributed by atoms with van der Waals surface area (Å²) in [4.78, 5) is 29.3. The molecule has 0 aliphatic carbocycles. The van der Waals surface area contributed by atoms with Crippen LogP contribution in [0.4, 0.5) is 5.82 Å². The molecule has 30 heavy (non-hydrogen) atoms. The molecule has 5 atom stereocenters. The van der Waals surface area contributed by atoms with E-state index in [0.29, 0.717) is 6.42 Å². The van der Waals surface area contributed by atoms with Crippen LogP contribution in [-0.2, 0) is 15.3 Å². The lowest BCUT2D eigenvalue weighted by atomic mass is 9.92. The lowest BCUT2D eigenvalue weighted by Gasteiger charge is -2.34. The number of aliphatic imine (C=N–C) groups is 1. The Balaban J connectivity index is 2.02. The van der Waals surface area contributed by atoms with E-state index in [1.54, 1.807) is 0 Å². The number of nitrogen functional groups attached to an aromatic ring is 1. The number of ether oxygens (including phenoxy) is 1. The number of hydrogen-bond donors (Lipinski definition) is 7. The summed E-state index contributed by atoms with van der Waals surface area (Å²) in [6.07, 6.45) is -1.68. The van der Waals surface area contributed by atoms with Gasteiger partial charge in [-0.05, 0) is 12.8 Å². The number of ketones is 1. The predicted octanol–water partition coefficient (Wildman–Crippen LogP) is -3.88. The van der Waals surface area contributed by atoms with Crippen LogP contribution in [0.3, 0.4) is 0 Å². The Bertz CT molecular complexity index is 946. The summed E-state index contributed by atoms with van der Waals surface area (Å²) in [6, 6.07) is -1.12. The number of imidazole rings is 1. The Morgan fingerprint density at radius 1 is 1.33 bits per heavy atom. The highest BCUT2D eigenvalue weighted by Gasteiger charge is 2.61. The lowest BCUT2D eigenvalue weighted by Crippen LogP contribution is -2.57. The summed E-state index contributed by atoms with van der Waals surface area (Å²) in [7, 11) is 0. The van der Waals surface area contributed by atoms with Crippen molar-refractivity contribution in [2.24, 2.45) is 22.2 Å². The zero-order valence-electron chi connectivity index (χ0n) is 16.0. The normalized spacial score (nSPS) is 27.3. The smallest absolute Gasteiger partial charge is 0.238 e. The van der Waals surface area contributed by atoms with Crippen molar-refractivity contribution in [1.29, 1.82) is 0 Å². The summed E-state index contributed by atoms with van der Waals surface area (Å²) < 4.78 is 6.87. The number of carbonyl (C=O) groups is 1. The van der Waals surface area contributed by atoms with Crippen molar-refractivity contribution in [3.8, 4) is 0 Å². The van der Waals surface area contributed by atoms with E-state index in [2.05, 4.69) is 19.9 Å². The third-order valence-corrected chi connectivity index (χ3v) is 4.99. The topological polar surface area (TPSA) is 247 Å². The fourth-order valence-corrected chi connectivity index (χ4v) is 3.48. The first-order chi connectivity index (χ1) is 14.2. The second-order valence-electron chi connectivity index (χ2n) is 6.94. The second kappa shape index (κ2) is 8.45. The molecule has 0 bridgehead atoms. The molecular weight excluding hydrogens is 398 g/mol. The molecule has 1 aliphatic heterocycles. The number of nitrogens with zero attached hydrogens (tertiary/aromatic N) is 5. The SMILES string of the molecule is NC(N)=NCCC[C@H](N)C(=O)[C@@]1(n2cnc3c(N)ncnc32)O[C@H](CO)[C@@H](O)[C@H]1O. The number of hydrogen-bond acceptors (Lipinski definition) is 11. The minimum Gasteiger partial charge on any atom is -0.394 e. The number of rotatable bonds is 8. The summed E-state index contributed by atoms with van der Waals surface area (Å²) in [6.45, 7) is -0.393. The van der Waals surface area contributed by atoms with Crippen molar-refractivity contribution < 1.29 is 24.9 Å². The Labute approximate surface area is 170 Å². The number of fused-ring (bicyclic) bond motifs is 1. The van der Waals surface area contributed by atoms with Crippen LogP contribution in [0, 0.1) is 0 Å². The molecule has 1 saturated heterocycles. The monoisotopic (exact) mass is 423 g/mol. The van der Waals surface area contributed by atoms with Gasteiger partial charge in [0.2, 0.25) is 11.5 Å². The Morgan fingerprint density at radius 2 is 2.07 bits per heavy atom. The maximum Gasteiger partial charge on any atom is 0.238 e. The number of anilines is 1. The highest BCUT2D eigenvalue weighted by molar-refractivity contribution is 5.93. The molecule has 0 amide bonds. The minimum absolute atomic E-state index is 0.0506. The number of aliphatic hydroxyl groups is 3. The first-order valence-electron chi connectivity index (χ1n) is 9.18. The van der Waals surface area contributed by atoms with Gasteiger partial charge in [-0.25, -0.2) is 15.0 Å². The van der Waals surface area contributed by atoms with Crippen molar-refractivity contribution in [2.75, 3.05) is 18.9 Å². The lowest BCUT2D eigenvalue weighted by molar-refractivity contribution is -0.175. The molecule has 0 radical (unpaired) electrons. The third kappa shape index (κ3) is 3.54. The average Bonchev–Trinajstić information content (AvgIpc) is 3.26. The van der Waals surface area contributed by atoms with E-state index in [1.165, 1.54) is 6.33 Å². The average molecular weight is 423 g/mol. The molecule has 0 unspecified atom stereocenters. The van der Waals surface area contributed by atoms with Crippen LogP contribution in [0.1, 0.15) is 12.8 Å². The molecule has 3 heterocycles. The van der Waals surface area contributed by atoms with Crippen LogP contribution < -0.4 is 22.9 Å². The molecule has 0 spiro atoms. The number of aliphatic hydroxyl groups excluding tert-OH is 3. The van der Waals surface area contributed by atoms with Gasteiger partial charge in [0.15, 0.2) is 17.4 Å². The number of guanidine groups is 1. The van der Waals surface area contributed by atoms with Gasteiger partial charge < -0.3 is 43.0 Å². The van der Waals surface area contributed by atoms with E-state index < -0.39 is 42.5 Å². The van der Waals surface area contributed by atoms with E-state index in [-0.39, 0.29) is 35.9 Å². The van der Waals surface area contributed by atoms with Gasteiger partial charge in [-0.2, -0.15) is 0 Å². The summed E-state index contributed by atoms with van der Waals surface area (Å²) >= 11 is 0. The molecule has 2 aromatic rings. The quantitative estimate of drug-likeness (QED) is 0.122. The fourth-order valence-electron chi connectivity index (χ4n) is 3.48. The predicted molar refractivity (Wildman–Crippen MR) is 105 cm³/mol. The number of carbonyl (C=O) groups excluding carboxylic acids is 1. The van der Waals surface area contributed by atoms with Gasteiger partial charge >= 0.3 is 0 Å². The van der Waals surface area contributed by atoms with Crippen LogP contribution in [0.2, 0.25) is 0 Å². The van der Waals surface area contributed by atoms with Gasteiger partial charge in [0, 0.05) is 6.54 Å². The molecule has 14 nitrogen and oxygen atoms in total. The van der Waals surface area contributed by atoms with Crippen molar-refractivity contribution in [2.45, 2.75) is 42.9 Å². The largest absolute Gasteiger partial charge is 0.394 e. The molecule has 1 aliphatic rings. The van der Waals surface area contributed by atoms with Crippen molar-refractivity contribution in [3.05, 3.63) is 12.7 Å². The molecule has 0 saturated carbocycles. The van der Waals surface area contributed by atoms with Crippen LogP contribution in [0.15, 0.2) is 17.6 Å².